The van der Waals surface area contributed by atoms with E-state index in [1.165, 1.54) is 33.4 Å². The van der Waals surface area contributed by atoms with Gasteiger partial charge < -0.3 is 0 Å². The van der Waals surface area contributed by atoms with Gasteiger partial charge in [-0.1, -0.05) is 55.4 Å². The number of hydrogen-bond donors (Lipinski definition) is 0. The Morgan fingerprint density at radius 1 is 0.552 bits per heavy atom. The first-order valence-electron chi connectivity index (χ1n) is 10.7. The van der Waals surface area contributed by atoms with E-state index >= 15 is 0 Å². The van der Waals surface area contributed by atoms with Crippen LogP contribution in [0.4, 0.5) is 0 Å². The van der Waals surface area contributed by atoms with Crippen LogP contribution in [0.2, 0.25) is 0 Å². The van der Waals surface area contributed by atoms with Gasteiger partial charge in [-0.25, -0.2) is 0 Å². The first kappa shape index (κ1) is 22.7. The molecule has 0 heterocycles. The maximum Gasteiger partial charge on any atom is 0.0991 e. The second kappa shape index (κ2) is 9.28. The van der Waals surface area contributed by atoms with E-state index in [1.807, 2.05) is 0 Å². The van der Waals surface area contributed by atoms with E-state index in [0.29, 0.717) is 23.7 Å². The number of nitrogens with zero attached hydrogens (tertiary/aromatic N) is 2. The fourth-order valence-electron chi connectivity index (χ4n) is 4.21. The van der Waals surface area contributed by atoms with Gasteiger partial charge in [0.25, 0.3) is 0 Å². The normalized spacial score (nSPS) is 11.4. The third-order valence-corrected chi connectivity index (χ3v) is 5.74. The molecule has 0 aliphatic carbocycles. The molecule has 2 rings (SSSR count). The summed E-state index contributed by atoms with van der Waals surface area (Å²) in [7, 11) is 0. The van der Waals surface area contributed by atoms with Crippen LogP contribution >= 0.6 is 0 Å². The summed E-state index contributed by atoms with van der Waals surface area (Å²) >= 11 is 0. The summed E-state index contributed by atoms with van der Waals surface area (Å²) in [6.07, 6.45) is 0.847. The molecule has 0 spiro atoms. The van der Waals surface area contributed by atoms with Gasteiger partial charge in [-0.3, -0.25) is 0 Å². The molecule has 0 amide bonds. The van der Waals surface area contributed by atoms with Crippen molar-refractivity contribution in [3.8, 4) is 12.1 Å². The molecule has 0 saturated carbocycles. The van der Waals surface area contributed by atoms with Crippen LogP contribution in [-0.2, 0) is 6.42 Å². The number of benzene rings is 2. The Morgan fingerprint density at radius 3 is 0.966 bits per heavy atom. The molecular weight excluding hydrogens is 352 g/mol. The molecule has 29 heavy (non-hydrogen) atoms. The van der Waals surface area contributed by atoms with Gasteiger partial charge in [0.1, 0.15) is 0 Å². The fraction of sp³-hybridized carbons (Fsp3) is 0.481. The highest BCUT2D eigenvalue weighted by molar-refractivity contribution is 5.53. The highest BCUT2D eigenvalue weighted by atomic mass is 14.3. The molecule has 0 radical (unpaired) electrons. The molecule has 0 aromatic heterocycles. The average Bonchev–Trinajstić information content (AvgIpc) is 2.67. The highest BCUT2D eigenvalue weighted by Gasteiger charge is 2.21. The van der Waals surface area contributed by atoms with E-state index in [4.69, 9.17) is 0 Å². The molecule has 2 nitrogen and oxygen atoms in total. The van der Waals surface area contributed by atoms with Crippen LogP contribution < -0.4 is 0 Å². The minimum atomic E-state index is 0.346. The molecule has 152 valence electrons. The van der Waals surface area contributed by atoms with Crippen LogP contribution in [0.25, 0.3) is 0 Å². The molecule has 2 aromatic rings. The van der Waals surface area contributed by atoms with Crippen LogP contribution in [0.15, 0.2) is 24.3 Å². The summed E-state index contributed by atoms with van der Waals surface area (Å²) in [4.78, 5) is 0. The Labute approximate surface area is 177 Å². The predicted molar refractivity (Wildman–Crippen MR) is 121 cm³/mol. The van der Waals surface area contributed by atoms with Gasteiger partial charge in [0, 0.05) is 0 Å². The van der Waals surface area contributed by atoms with Crippen LogP contribution in [0.3, 0.4) is 0 Å². The van der Waals surface area contributed by atoms with Crippen molar-refractivity contribution in [1.29, 1.82) is 10.5 Å². The lowest BCUT2D eigenvalue weighted by Crippen LogP contribution is -2.11. The summed E-state index contributed by atoms with van der Waals surface area (Å²) < 4.78 is 0. The van der Waals surface area contributed by atoms with E-state index in [2.05, 4.69) is 91.8 Å². The van der Waals surface area contributed by atoms with Crippen molar-refractivity contribution >= 4 is 0 Å². The molecule has 0 atom stereocenters. The van der Waals surface area contributed by atoms with E-state index in [1.54, 1.807) is 0 Å². The minimum Gasteiger partial charge on any atom is -0.192 e. The fourth-order valence-corrected chi connectivity index (χ4v) is 4.21. The molecule has 0 unspecified atom stereocenters. The van der Waals surface area contributed by atoms with Crippen LogP contribution in [0, 0.1) is 22.7 Å². The van der Waals surface area contributed by atoms with Crippen molar-refractivity contribution in [1.82, 2.24) is 0 Å². The smallest absolute Gasteiger partial charge is 0.0991 e. The lowest BCUT2D eigenvalue weighted by molar-refractivity contribution is 0.778. The third-order valence-electron chi connectivity index (χ3n) is 5.74. The number of rotatable bonds is 6. The van der Waals surface area contributed by atoms with Gasteiger partial charge >= 0.3 is 0 Å². The van der Waals surface area contributed by atoms with E-state index in [-0.39, 0.29) is 0 Å². The zero-order valence-corrected chi connectivity index (χ0v) is 19.2. The average molecular weight is 387 g/mol. The Bertz CT molecular complexity index is 825. The molecule has 0 fully saturated rings. The second-order valence-electron chi connectivity index (χ2n) is 9.29. The molecule has 0 aliphatic heterocycles. The lowest BCUT2D eigenvalue weighted by atomic mass is 9.79. The number of hydrogen-bond acceptors (Lipinski definition) is 2. The molecular formula is C27H34N2. The SMILES string of the molecule is CC(C)c1cc(C#N)cc(C(C)C)c1Cc1c(C(C)C)cc(C#N)cc1C(C)C. The molecule has 2 aromatic carbocycles. The van der Waals surface area contributed by atoms with Gasteiger partial charge in [0.15, 0.2) is 0 Å². The first-order chi connectivity index (χ1) is 13.6. The predicted octanol–water partition coefficient (Wildman–Crippen LogP) is 7.51. The van der Waals surface area contributed by atoms with Crippen molar-refractivity contribution < 1.29 is 0 Å². The summed E-state index contributed by atoms with van der Waals surface area (Å²) in [5.41, 5.74) is 9.25. The number of nitriles is 2. The standard InChI is InChI=1S/C27H34N2/c1-16(2)22-9-20(14-28)10-23(17(3)4)26(22)13-27-24(18(5)6)11-21(15-29)12-25(27)19(7)8/h9-12,16-19H,13H2,1-8H3. The lowest BCUT2D eigenvalue weighted by Gasteiger charge is -2.25. The van der Waals surface area contributed by atoms with Crippen LogP contribution in [0.5, 0.6) is 0 Å². The van der Waals surface area contributed by atoms with Crippen molar-refractivity contribution in [2.24, 2.45) is 0 Å². The molecule has 2 heteroatoms. The van der Waals surface area contributed by atoms with E-state index < -0.39 is 0 Å². The van der Waals surface area contributed by atoms with E-state index in [9.17, 15) is 10.5 Å². The molecule has 0 bridgehead atoms. The van der Waals surface area contributed by atoms with Gasteiger partial charge in [-0.15, -0.1) is 0 Å². The van der Waals surface area contributed by atoms with Gasteiger partial charge in [-0.05, 0) is 87.7 Å². The topological polar surface area (TPSA) is 47.6 Å². The Kier molecular flexibility index (Phi) is 7.26. The molecule has 0 N–H and O–H groups in total. The molecule has 0 saturated heterocycles. The quantitative estimate of drug-likeness (QED) is 0.515. The minimum absolute atomic E-state index is 0.346. The van der Waals surface area contributed by atoms with Crippen molar-refractivity contribution in [3.05, 3.63) is 68.8 Å². The summed E-state index contributed by atoms with van der Waals surface area (Å²) in [6, 6.07) is 13.0. The highest BCUT2D eigenvalue weighted by Crippen LogP contribution is 2.36. The maximum atomic E-state index is 9.54. The van der Waals surface area contributed by atoms with Crippen molar-refractivity contribution in [2.45, 2.75) is 85.5 Å². The van der Waals surface area contributed by atoms with Gasteiger partial charge in [0.05, 0.1) is 23.3 Å². The molecule has 0 aliphatic rings. The van der Waals surface area contributed by atoms with Crippen molar-refractivity contribution in [3.63, 3.8) is 0 Å². The van der Waals surface area contributed by atoms with Gasteiger partial charge in [0.2, 0.25) is 0 Å². The zero-order chi connectivity index (χ0) is 21.9. The second-order valence-corrected chi connectivity index (χ2v) is 9.29. The Morgan fingerprint density at radius 2 is 0.793 bits per heavy atom. The zero-order valence-electron chi connectivity index (χ0n) is 19.2. The monoisotopic (exact) mass is 386 g/mol. The van der Waals surface area contributed by atoms with Gasteiger partial charge in [-0.2, -0.15) is 10.5 Å². The third kappa shape index (κ3) is 4.89. The maximum absolute atomic E-state index is 9.54. The largest absolute Gasteiger partial charge is 0.192 e. The summed E-state index contributed by atoms with van der Waals surface area (Å²) in [5.74, 6) is 1.39. The summed E-state index contributed by atoms with van der Waals surface area (Å²) in [5, 5.41) is 19.1. The van der Waals surface area contributed by atoms with Crippen LogP contribution in [-0.4, -0.2) is 0 Å². The van der Waals surface area contributed by atoms with Crippen LogP contribution in [0.1, 0.15) is 124 Å². The van der Waals surface area contributed by atoms with Crippen molar-refractivity contribution in [2.75, 3.05) is 0 Å². The Hall–Kier alpha value is -2.58. The Balaban J connectivity index is 2.83. The first-order valence-corrected chi connectivity index (χ1v) is 10.7. The van der Waals surface area contributed by atoms with E-state index in [0.717, 1.165) is 17.5 Å². The summed E-state index contributed by atoms with van der Waals surface area (Å²) in [6.45, 7) is 17.6.